The number of hydrogen-bond donors (Lipinski definition) is 1. The molecule has 1 heterocycles. The molecule has 98 valence electrons. The summed E-state index contributed by atoms with van der Waals surface area (Å²) in [7, 11) is 3.88. The van der Waals surface area contributed by atoms with E-state index in [9.17, 15) is 0 Å². The van der Waals surface area contributed by atoms with Crippen LogP contribution in [0.4, 0.5) is 0 Å². The summed E-state index contributed by atoms with van der Waals surface area (Å²) in [6.07, 6.45) is 1.07. The molecule has 1 aromatic rings. The van der Waals surface area contributed by atoms with E-state index in [1.807, 2.05) is 5.51 Å². The van der Waals surface area contributed by atoms with Crippen LogP contribution >= 0.6 is 11.3 Å². The van der Waals surface area contributed by atoms with E-state index in [2.05, 4.69) is 34.6 Å². The molecule has 1 rings (SSSR count). The maximum absolute atomic E-state index is 5.01. The number of nitrogens with zero attached hydrogens (tertiary/aromatic N) is 2. The topological polar surface area (TPSA) is 37.4 Å². The molecule has 0 amide bonds. The van der Waals surface area contributed by atoms with Crippen molar-refractivity contribution < 1.29 is 4.74 Å². The molecule has 0 saturated heterocycles. The average Bonchev–Trinajstić information content (AvgIpc) is 2.81. The Labute approximate surface area is 108 Å². The van der Waals surface area contributed by atoms with Gasteiger partial charge in [-0.25, -0.2) is 4.98 Å². The second kappa shape index (κ2) is 8.58. The standard InChI is InChI=1S/C12H23N3OS/c1-11(7-13-5-4-6-16-3)15(2)8-12-9-17-10-14-12/h9-11,13H,4-8H2,1-3H3. The third-order valence-electron chi connectivity index (χ3n) is 2.79. The Morgan fingerprint density at radius 2 is 2.41 bits per heavy atom. The highest BCUT2D eigenvalue weighted by Gasteiger charge is 2.09. The molecule has 1 N–H and O–H groups in total. The molecule has 0 aromatic carbocycles. The lowest BCUT2D eigenvalue weighted by Crippen LogP contribution is -2.38. The quantitative estimate of drug-likeness (QED) is 0.682. The van der Waals surface area contributed by atoms with Crippen molar-refractivity contribution in [2.75, 3.05) is 33.9 Å². The fourth-order valence-corrected chi connectivity index (χ4v) is 2.08. The van der Waals surface area contributed by atoms with Crippen LogP contribution in [0.5, 0.6) is 0 Å². The fourth-order valence-electron chi connectivity index (χ4n) is 1.54. The Morgan fingerprint density at radius 1 is 1.59 bits per heavy atom. The van der Waals surface area contributed by atoms with Gasteiger partial charge in [0.25, 0.3) is 0 Å². The van der Waals surface area contributed by atoms with Gasteiger partial charge in [-0.1, -0.05) is 0 Å². The van der Waals surface area contributed by atoms with Crippen molar-refractivity contribution in [3.63, 3.8) is 0 Å². The van der Waals surface area contributed by atoms with Crippen LogP contribution in [0.15, 0.2) is 10.9 Å². The van der Waals surface area contributed by atoms with E-state index in [0.29, 0.717) is 6.04 Å². The highest BCUT2D eigenvalue weighted by molar-refractivity contribution is 7.07. The highest BCUT2D eigenvalue weighted by Crippen LogP contribution is 2.06. The maximum Gasteiger partial charge on any atom is 0.0795 e. The van der Waals surface area contributed by atoms with Gasteiger partial charge in [-0.05, 0) is 26.9 Å². The van der Waals surface area contributed by atoms with Crippen molar-refractivity contribution in [1.82, 2.24) is 15.2 Å². The van der Waals surface area contributed by atoms with Gasteiger partial charge >= 0.3 is 0 Å². The molecular formula is C12H23N3OS. The highest BCUT2D eigenvalue weighted by atomic mass is 32.1. The van der Waals surface area contributed by atoms with Gasteiger partial charge in [0.05, 0.1) is 11.2 Å². The molecule has 0 radical (unpaired) electrons. The molecule has 17 heavy (non-hydrogen) atoms. The minimum atomic E-state index is 0.513. The normalized spacial score (nSPS) is 13.2. The first-order valence-corrected chi connectivity index (χ1v) is 6.95. The molecule has 0 aliphatic rings. The summed E-state index contributed by atoms with van der Waals surface area (Å²) in [5, 5.41) is 5.55. The summed E-state index contributed by atoms with van der Waals surface area (Å²) in [6, 6.07) is 0.513. The third-order valence-corrected chi connectivity index (χ3v) is 3.42. The second-order valence-electron chi connectivity index (χ2n) is 4.29. The predicted molar refractivity (Wildman–Crippen MR) is 72.4 cm³/mol. The molecule has 0 fully saturated rings. The van der Waals surface area contributed by atoms with Crippen molar-refractivity contribution in [3.8, 4) is 0 Å². The summed E-state index contributed by atoms with van der Waals surface area (Å²) in [4.78, 5) is 6.62. The summed E-state index contributed by atoms with van der Waals surface area (Å²) >= 11 is 1.65. The minimum absolute atomic E-state index is 0.513. The molecule has 0 bridgehead atoms. The Balaban J connectivity index is 2.11. The minimum Gasteiger partial charge on any atom is -0.385 e. The second-order valence-corrected chi connectivity index (χ2v) is 5.01. The van der Waals surface area contributed by atoms with E-state index < -0.39 is 0 Å². The van der Waals surface area contributed by atoms with Gasteiger partial charge in [-0.3, -0.25) is 4.90 Å². The van der Waals surface area contributed by atoms with Crippen LogP contribution < -0.4 is 5.32 Å². The maximum atomic E-state index is 5.01. The molecule has 5 heteroatoms. The predicted octanol–water partition coefficient (Wildman–Crippen LogP) is 1.59. The molecule has 1 aromatic heterocycles. The number of ether oxygens (including phenoxy) is 1. The molecule has 0 saturated carbocycles. The summed E-state index contributed by atoms with van der Waals surface area (Å²) < 4.78 is 5.01. The lowest BCUT2D eigenvalue weighted by Gasteiger charge is -2.24. The van der Waals surface area contributed by atoms with Gasteiger partial charge in [0, 0.05) is 38.2 Å². The monoisotopic (exact) mass is 257 g/mol. The molecule has 0 spiro atoms. The van der Waals surface area contributed by atoms with Crippen LogP contribution in [0.3, 0.4) is 0 Å². The summed E-state index contributed by atoms with van der Waals surface area (Å²) in [5.41, 5.74) is 3.04. The van der Waals surface area contributed by atoms with Gasteiger partial charge in [-0.15, -0.1) is 11.3 Å². The van der Waals surface area contributed by atoms with Crippen LogP contribution in [-0.4, -0.2) is 49.8 Å². The number of methoxy groups -OCH3 is 1. The van der Waals surface area contributed by atoms with Gasteiger partial charge in [0.1, 0.15) is 0 Å². The van der Waals surface area contributed by atoms with Crippen LogP contribution in [0.25, 0.3) is 0 Å². The molecule has 4 nitrogen and oxygen atoms in total. The van der Waals surface area contributed by atoms with E-state index in [1.54, 1.807) is 18.4 Å². The van der Waals surface area contributed by atoms with Crippen LogP contribution in [-0.2, 0) is 11.3 Å². The zero-order valence-electron chi connectivity index (χ0n) is 11.0. The van der Waals surface area contributed by atoms with Gasteiger partial charge in [0.15, 0.2) is 0 Å². The van der Waals surface area contributed by atoms with E-state index in [0.717, 1.165) is 38.4 Å². The number of likely N-dealkylation sites (N-methyl/N-ethyl adjacent to an activating group) is 1. The van der Waals surface area contributed by atoms with E-state index >= 15 is 0 Å². The van der Waals surface area contributed by atoms with Crippen LogP contribution in [0.2, 0.25) is 0 Å². The van der Waals surface area contributed by atoms with Crippen molar-refractivity contribution in [2.45, 2.75) is 25.9 Å². The van der Waals surface area contributed by atoms with Crippen molar-refractivity contribution in [2.24, 2.45) is 0 Å². The number of hydrogen-bond acceptors (Lipinski definition) is 5. The lowest BCUT2D eigenvalue weighted by atomic mass is 10.2. The fraction of sp³-hybridized carbons (Fsp3) is 0.750. The molecule has 0 aliphatic heterocycles. The first kappa shape index (κ1) is 14.6. The summed E-state index contributed by atoms with van der Waals surface area (Å²) in [6.45, 7) is 6.00. The SMILES string of the molecule is COCCCNCC(C)N(C)Cc1cscn1. The van der Waals surface area contributed by atoms with Crippen LogP contribution in [0, 0.1) is 0 Å². The number of thiazole rings is 1. The van der Waals surface area contributed by atoms with Gasteiger partial charge < -0.3 is 10.1 Å². The van der Waals surface area contributed by atoms with Crippen molar-refractivity contribution in [1.29, 1.82) is 0 Å². The molecule has 1 atom stereocenters. The van der Waals surface area contributed by atoms with E-state index in [-0.39, 0.29) is 0 Å². The zero-order chi connectivity index (χ0) is 12.5. The Kier molecular flexibility index (Phi) is 7.35. The first-order valence-electron chi connectivity index (χ1n) is 6.01. The number of nitrogens with one attached hydrogen (secondary N) is 1. The van der Waals surface area contributed by atoms with Gasteiger partial charge in [-0.2, -0.15) is 0 Å². The first-order chi connectivity index (χ1) is 8.24. The van der Waals surface area contributed by atoms with E-state index in [4.69, 9.17) is 4.74 Å². The van der Waals surface area contributed by atoms with Crippen molar-refractivity contribution >= 4 is 11.3 Å². The van der Waals surface area contributed by atoms with Gasteiger partial charge in [0.2, 0.25) is 0 Å². The average molecular weight is 257 g/mol. The van der Waals surface area contributed by atoms with E-state index in [1.165, 1.54) is 0 Å². The molecule has 1 unspecified atom stereocenters. The largest absolute Gasteiger partial charge is 0.385 e. The summed E-state index contributed by atoms with van der Waals surface area (Å²) in [5.74, 6) is 0. The van der Waals surface area contributed by atoms with Crippen LogP contribution in [0.1, 0.15) is 19.0 Å². The Morgan fingerprint density at radius 3 is 3.06 bits per heavy atom. The Hall–Kier alpha value is -0.490. The Bertz CT molecular complexity index is 279. The molecular weight excluding hydrogens is 234 g/mol. The zero-order valence-corrected chi connectivity index (χ0v) is 11.8. The molecule has 0 aliphatic carbocycles. The third kappa shape index (κ3) is 6.12. The number of rotatable bonds is 9. The lowest BCUT2D eigenvalue weighted by molar-refractivity contribution is 0.191. The number of aromatic nitrogens is 1. The van der Waals surface area contributed by atoms with Crippen molar-refractivity contribution in [3.05, 3.63) is 16.6 Å². The smallest absolute Gasteiger partial charge is 0.0795 e.